The van der Waals surface area contributed by atoms with Crippen molar-refractivity contribution in [2.75, 3.05) is 5.75 Å². The maximum atomic E-state index is 2.32. The molecule has 0 saturated carbocycles. The molecule has 0 aliphatic carbocycles. The van der Waals surface area contributed by atoms with Crippen molar-refractivity contribution < 1.29 is 0 Å². The minimum Gasteiger partial charge on any atom is -0.146 e. The van der Waals surface area contributed by atoms with Gasteiger partial charge in [0.05, 0.1) is 4.58 Å². The molecular formula is C7H14S2. The molecule has 1 heterocycles. The first kappa shape index (κ1) is 7.80. The highest BCUT2D eigenvalue weighted by molar-refractivity contribution is 8.20. The van der Waals surface area contributed by atoms with E-state index in [-0.39, 0.29) is 0 Å². The first-order valence-corrected chi connectivity index (χ1v) is 5.46. The minimum absolute atomic E-state index is 0.852. The van der Waals surface area contributed by atoms with Crippen LogP contribution in [-0.2, 0) is 0 Å². The smallest absolute Gasteiger partial charge is 0.0528 e. The molecule has 2 heteroatoms. The van der Waals surface area contributed by atoms with Crippen LogP contribution in [0.1, 0.15) is 20.8 Å². The molecule has 0 aromatic heterocycles. The minimum atomic E-state index is 0.852. The van der Waals surface area contributed by atoms with Gasteiger partial charge >= 0.3 is 0 Å². The molecule has 0 aromatic rings. The van der Waals surface area contributed by atoms with Gasteiger partial charge < -0.3 is 0 Å². The fourth-order valence-corrected chi connectivity index (χ4v) is 4.17. The summed E-state index contributed by atoms with van der Waals surface area (Å²) in [7, 11) is 0. The lowest BCUT2D eigenvalue weighted by Crippen LogP contribution is -2.02. The predicted molar refractivity (Wildman–Crippen MR) is 48.1 cm³/mol. The molecule has 0 aromatic carbocycles. The van der Waals surface area contributed by atoms with Crippen molar-refractivity contribution in [3.8, 4) is 0 Å². The topological polar surface area (TPSA) is 0 Å². The van der Waals surface area contributed by atoms with E-state index in [2.05, 4.69) is 44.3 Å². The third-order valence-electron chi connectivity index (χ3n) is 1.41. The molecule has 0 spiro atoms. The molecule has 0 radical (unpaired) electrons. The van der Waals surface area contributed by atoms with Gasteiger partial charge in [0.1, 0.15) is 0 Å². The molecule has 0 amide bonds. The van der Waals surface area contributed by atoms with Crippen molar-refractivity contribution >= 4 is 23.5 Å². The van der Waals surface area contributed by atoms with Crippen molar-refractivity contribution in [3.05, 3.63) is 0 Å². The van der Waals surface area contributed by atoms with Crippen molar-refractivity contribution in [2.24, 2.45) is 5.92 Å². The van der Waals surface area contributed by atoms with Crippen LogP contribution >= 0.6 is 23.5 Å². The molecule has 1 aliphatic rings. The van der Waals surface area contributed by atoms with Crippen LogP contribution in [0.2, 0.25) is 0 Å². The summed E-state index contributed by atoms with van der Waals surface area (Å²) in [6, 6.07) is 0. The van der Waals surface area contributed by atoms with E-state index in [1.165, 1.54) is 5.75 Å². The third-order valence-corrected chi connectivity index (χ3v) is 5.37. The van der Waals surface area contributed by atoms with Crippen molar-refractivity contribution in [1.29, 1.82) is 0 Å². The number of hydrogen-bond acceptors (Lipinski definition) is 2. The van der Waals surface area contributed by atoms with E-state index in [1.807, 2.05) is 0 Å². The zero-order chi connectivity index (χ0) is 6.85. The fourth-order valence-electron chi connectivity index (χ4n) is 0.887. The van der Waals surface area contributed by atoms with Crippen LogP contribution in [0.15, 0.2) is 0 Å². The Morgan fingerprint density at radius 2 is 2.11 bits per heavy atom. The van der Waals surface area contributed by atoms with Gasteiger partial charge in [-0.3, -0.25) is 0 Å². The summed E-state index contributed by atoms with van der Waals surface area (Å²) in [5.41, 5.74) is 0. The van der Waals surface area contributed by atoms with E-state index in [0.29, 0.717) is 0 Å². The average molecular weight is 162 g/mol. The van der Waals surface area contributed by atoms with Crippen LogP contribution in [0.3, 0.4) is 0 Å². The molecule has 1 rings (SSSR count). The second-order valence-corrected chi connectivity index (χ2v) is 5.95. The highest BCUT2D eigenvalue weighted by Gasteiger charge is 2.24. The first-order valence-electron chi connectivity index (χ1n) is 3.47. The predicted octanol–water partition coefficient (Wildman–Crippen LogP) is 2.84. The second-order valence-electron chi connectivity index (χ2n) is 2.89. The molecule has 0 bridgehead atoms. The van der Waals surface area contributed by atoms with Crippen LogP contribution in [-0.4, -0.2) is 15.6 Å². The molecule has 0 nitrogen and oxygen atoms in total. The average Bonchev–Trinajstić information content (AvgIpc) is 2.14. The lowest BCUT2D eigenvalue weighted by Gasteiger charge is -2.11. The highest BCUT2D eigenvalue weighted by Crippen LogP contribution is 2.41. The Balaban J connectivity index is 2.30. The monoisotopic (exact) mass is 162 g/mol. The molecule has 1 fully saturated rings. The molecule has 1 aliphatic heterocycles. The largest absolute Gasteiger partial charge is 0.146 e. The first-order chi connectivity index (χ1) is 4.20. The zero-order valence-electron chi connectivity index (χ0n) is 6.26. The van der Waals surface area contributed by atoms with Crippen LogP contribution < -0.4 is 0 Å². The van der Waals surface area contributed by atoms with Gasteiger partial charge in [-0.2, -0.15) is 0 Å². The quantitative estimate of drug-likeness (QED) is 0.581. The Labute approximate surface area is 66.2 Å². The van der Waals surface area contributed by atoms with E-state index in [4.69, 9.17) is 0 Å². The SMILES string of the molecule is CC(C)[C@@H]1SC[C@H](C)S1. The maximum absolute atomic E-state index is 2.32. The van der Waals surface area contributed by atoms with E-state index in [0.717, 1.165) is 15.7 Å². The Morgan fingerprint density at radius 3 is 2.33 bits per heavy atom. The molecule has 1 saturated heterocycles. The van der Waals surface area contributed by atoms with E-state index < -0.39 is 0 Å². The number of hydrogen-bond donors (Lipinski definition) is 0. The summed E-state index contributed by atoms with van der Waals surface area (Å²) < 4.78 is 0.875. The van der Waals surface area contributed by atoms with Gasteiger partial charge in [-0.25, -0.2) is 0 Å². The lowest BCUT2D eigenvalue weighted by molar-refractivity contribution is 0.723. The van der Waals surface area contributed by atoms with Gasteiger partial charge in [0.2, 0.25) is 0 Å². The Kier molecular flexibility index (Phi) is 2.77. The maximum Gasteiger partial charge on any atom is 0.0528 e. The zero-order valence-corrected chi connectivity index (χ0v) is 7.89. The van der Waals surface area contributed by atoms with Crippen LogP contribution in [0.5, 0.6) is 0 Å². The van der Waals surface area contributed by atoms with Crippen molar-refractivity contribution in [3.63, 3.8) is 0 Å². The van der Waals surface area contributed by atoms with E-state index in [9.17, 15) is 0 Å². The highest BCUT2D eigenvalue weighted by atomic mass is 32.2. The molecule has 0 unspecified atom stereocenters. The van der Waals surface area contributed by atoms with E-state index >= 15 is 0 Å². The van der Waals surface area contributed by atoms with Crippen molar-refractivity contribution in [2.45, 2.75) is 30.6 Å². The van der Waals surface area contributed by atoms with Crippen LogP contribution in [0, 0.1) is 5.92 Å². The van der Waals surface area contributed by atoms with Gasteiger partial charge in [0.15, 0.2) is 0 Å². The van der Waals surface area contributed by atoms with Gasteiger partial charge in [0, 0.05) is 11.0 Å². The summed E-state index contributed by atoms with van der Waals surface area (Å²) in [4.78, 5) is 0. The molecule has 2 atom stereocenters. The van der Waals surface area contributed by atoms with Gasteiger partial charge in [-0.15, -0.1) is 23.5 Å². The van der Waals surface area contributed by atoms with Crippen LogP contribution in [0.4, 0.5) is 0 Å². The number of rotatable bonds is 1. The van der Waals surface area contributed by atoms with Gasteiger partial charge in [0.25, 0.3) is 0 Å². The molecule has 0 N–H and O–H groups in total. The van der Waals surface area contributed by atoms with Gasteiger partial charge in [-0.1, -0.05) is 20.8 Å². The fraction of sp³-hybridized carbons (Fsp3) is 1.00. The van der Waals surface area contributed by atoms with Crippen LogP contribution in [0.25, 0.3) is 0 Å². The molecule has 9 heavy (non-hydrogen) atoms. The molecular weight excluding hydrogens is 148 g/mol. The summed E-state index contributed by atoms with van der Waals surface area (Å²) in [6.45, 7) is 6.94. The Morgan fingerprint density at radius 1 is 1.44 bits per heavy atom. The third kappa shape index (κ3) is 2.08. The summed E-state index contributed by atoms with van der Waals surface area (Å²) in [6.07, 6.45) is 0. The Hall–Kier alpha value is 0.700. The van der Waals surface area contributed by atoms with E-state index in [1.54, 1.807) is 0 Å². The lowest BCUT2D eigenvalue weighted by atomic mass is 10.3. The summed E-state index contributed by atoms with van der Waals surface area (Å²) >= 11 is 4.26. The summed E-state index contributed by atoms with van der Waals surface area (Å²) in [5.74, 6) is 2.21. The van der Waals surface area contributed by atoms with Crippen molar-refractivity contribution in [1.82, 2.24) is 0 Å². The normalized spacial score (nSPS) is 36.0. The van der Waals surface area contributed by atoms with Gasteiger partial charge in [-0.05, 0) is 5.92 Å². The molecule has 54 valence electrons. The second kappa shape index (κ2) is 3.20. The number of thioether (sulfide) groups is 2. The summed E-state index contributed by atoms with van der Waals surface area (Å²) in [5, 5.41) is 0.891. The standard InChI is InChI=1S/C7H14S2/c1-5(2)7-8-4-6(3)9-7/h5-7H,4H2,1-3H3/t6-,7+/m0/s1. The Bertz CT molecular complexity index is 90.9.